The first-order valence-corrected chi connectivity index (χ1v) is 15.0. The summed E-state index contributed by atoms with van der Waals surface area (Å²) in [5.41, 5.74) is 0.940. The molecule has 2 aliphatic heterocycles. The first-order chi connectivity index (χ1) is 18.7. The van der Waals surface area contributed by atoms with E-state index in [4.69, 9.17) is 16.0 Å². The summed E-state index contributed by atoms with van der Waals surface area (Å²) in [6.45, 7) is 1.90. The second kappa shape index (κ2) is 10.1. The van der Waals surface area contributed by atoms with Gasteiger partial charge in [0.1, 0.15) is 0 Å². The van der Waals surface area contributed by atoms with E-state index in [1.807, 2.05) is 7.05 Å². The molecule has 0 radical (unpaired) electrons. The lowest BCUT2D eigenvalue weighted by atomic mass is 10.1. The molecule has 1 saturated heterocycles. The number of fused-ring (bicyclic) bond motifs is 2. The first-order valence-electron chi connectivity index (χ1n) is 12.4. The van der Waals surface area contributed by atoms with Crippen LogP contribution in [0.25, 0.3) is 10.8 Å². The molecular weight excluding hydrogens is 564 g/mol. The molecule has 1 fully saturated rings. The largest absolute Gasteiger partial charge is 0.434 e. The molecule has 1 atom stereocenters. The Morgan fingerprint density at radius 3 is 2.77 bits per heavy atom. The van der Waals surface area contributed by atoms with Crippen LogP contribution in [0.3, 0.4) is 0 Å². The lowest BCUT2D eigenvalue weighted by Gasteiger charge is -2.40. The number of hydrogen-bond acceptors (Lipinski definition) is 9. The van der Waals surface area contributed by atoms with Crippen molar-refractivity contribution < 1.29 is 17.6 Å². The third kappa shape index (κ3) is 5.12. The van der Waals surface area contributed by atoms with E-state index in [1.165, 1.54) is 15.6 Å². The fraction of sp³-hybridized carbons (Fsp3) is 0.360. The third-order valence-electron chi connectivity index (χ3n) is 7.12. The standard InChI is InChI=1S/C25H25ClN6O5S2/c1-30-7-6-20-21(14-30)38-23(27-20)24(33)32-9-8-31(13-18(32)12-22-28-29-25(34)37-22)39(35,36)19-5-3-15-10-17(26)4-2-16(15)11-19/h2-5,10-11,18H,6-9,12-14H2,1H3,(H,29,34). The van der Waals surface area contributed by atoms with Gasteiger partial charge in [-0.1, -0.05) is 23.7 Å². The number of carbonyl (C=O) groups excluding carboxylic acids is 1. The summed E-state index contributed by atoms with van der Waals surface area (Å²) in [4.78, 5) is 34.9. The second-order valence-electron chi connectivity index (χ2n) is 9.76. The summed E-state index contributed by atoms with van der Waals surface area (Å²) < 4.78 is 33.9. The summed E-state index contributed by atoms with van der Waals surface area (Å²) in [5, 5.41) is 8.65. The average molecular weight is 589 g/mol. The number of halogens is 1. The molecule has 4 aromatic rings. The molecule has 0 aliphatic carbocycles. The van der Waals surface area contributed by atoms with Gasteiger partial charge in [-0.3, -0.25) is 4.79 Å². The van der Waals surface area contributed by atoms with Crippen molar-refractivity contribution >= 4 is 49.6 Å². The molecule has 4 heterocycles. The van der Waals surface area contributed by atoms with E-state index in [2.05, 4.69) is 20.1 Å². The number of sulfonamides is 1. The number of nitrogens with one attached hydrogen (secondary N) is 1. The smallest absolute Gasteiger partial charge is 0.392 e. The summed E-state index contributed by atoms with van der Waals surface area (Å²) >= 11 is 7.45. The van der Waals surface area contributed by atoms with Gasteiger partial charge in [0, 0.05) is 55.5 Å². The van der Waals surface area contributed by atoms with Crippen molar-refractivity contribution in [2.45, 2.75) is 30.3 Å². The molecular formula is C25H25ClN6O5S2. The minimum absolute atomic E-state index is 0.0110. The summed E-state index contributed by atoms with van der Waals surface area (Å²) in [6.07, 6.45) is 0.849. The van der Waals surface area contributed by atoms with Gasteiger partial charge >= 0.3 is 5.76 Å². The summed E-state index contributed by atoms with van der Waals surface area (Å²) in [7, 11) is -1.85. The molecule has 1 N–H and O–H groups in total. The number of aromatic nitrogens is 3. The van der Waals surface area contributed by atoms with Gasteiger partial charge in [0.15, 0.2) is 5.01 Å². The monoisotopic (exact) mass is 588 g/mol. The van der Waals surface area contributed by atoms with E-state index in [9.17, 15) is 18.0 Å². The molecule has 0 bridgehead atoms. The van der Waals surface area contributed by atoms with Crippen molar-refractivity contribution in [2.24, 2.45) is 0 Å². The van der Waals surface area contributed by atoms with E-state index in [0.29, 0.717) is 10.0 Å². The molecule has 2 aromatic carbocycles. The number of amides is 1. The van der Waals surface area contributed by atoms with Gasteiger partial charge in [-0.25, -0.2) is 23.3 Å². The number of aromatic amines is 1. The van der Waals surface area contributed by atoms with Crippen LogP contribution in [0.1, 0.15) is 26.3 Å². The van der Waals surface area contributed by atoms with Crippen LogP contribution in [0.15, 0.2) is 50.5 Å². The zero-order chi connectivity index (χ0) is 27.3. The fourth-order valence-electron chi connectivity index (χ4n) is 5.08. The van der Waals surface area contributed by atoms with Gasteiger partial charge in [-0.05, 0) is 42.1 Å². The summed E-state index contributed by atoms with van der Waals surface area (Å²) in [5.74, 6) is -0.875. The van der Waals surface area contributed by atoms with Gasteiger partial charge in [-0.2, -0.15) is 4.31 Å². The third-order valence-corrected chi connectivity index (χ3v) is 10.3. The Bertz CT molecular complexity index is 1730. The number of H-pyrrole nitrogens is 1. The highest BCUT2D eigenvalue weighted by atomic mass is 35.5. The molecule has 11 nitrogen and oxygen atoms in total. The van der Waals surface area contributed by atoms with Gasteiger partial charge in [-0.15, -0.1) is 16.4 Å². The highest BCUT2D eigenvalue weighted by Gasteiger charge is 2.38. The minimum Gasteiger partial charge on any atom is -0.392 e. The van der Waals surface area contributed by atoms with Crippen LogP contribution < -0.4 is 5.76 Å². The van der Waals surface area contributed by atoms with Gasteiger partial charge in [0.05, 0.1) is 16.6 Å². The number of likely N-dealkylation sites (N-methyl/N-ethyl adjacent to an activating group) is 1. The van der Waals surface area contributed by atoms with Crippen LogP contribution in [-0.2, 0) is 29.4 Å². The van der Waals surface area contributed by atoms with Crippen molar-refractivity contribution in [3.05, 3.63) is 73.4 Å². The predicted octanol–water partition coefficient (Wildman–Crippen LogP) is 2.37. The van der Waals surface area contributed by atoms with Crippen molar-refractivity contribution in [1.82, 2.24) is 29.3 Å². The van der Waals surface area contributed by atoms with Crippen molar-refractivity contribution in [3.8, 4) is 0 Å². The SMILES string of the molecule is CN1CCc2nc(C(=O)N3CCN(S(=O)(=O)c4ccc5cc(Cl)ccc5c4)CC3Cc3n[nH]c(=O)o3)sc2C1. The summed E-state index contributed by atoms with van der Waals surface area (Å²) in [6, 6.07) is 9.57. The first kappa shape index (κ1) is 26.1. The molecule has 0 saturated carbocycles. The highest BCUT2D eigenvalue weighted by Crippen LogP contribution is 2.29. The molecule has 204 valence electrons. The van der Waals surface area contributed by atoms with Crippen LogP contribution >= 0.6 is 22.9 Å². The maximum atomic E-state index is 13.7. The van der Waals surface area contributed by atoms with Crippen molar-refractivity contribution in [1.29, 1.82) is 0 Å². The van der Waals surface area contributed by atoms with E-state index in [0.717, 1.165) is 40.9 Å². The Morgan fingerprint density at radius 1 is 1.18 bits per heavy atom. The van der Waals surface area contributed by atoms with Gasteiger partial charge in [0.2, 0.25) is 15.9 Å². The number of thiazole rings is 1. The molecule has 39 heavy (non-hydrogen) atoms. The van der Waals surface area contributed by atoms with Gasteiger partial charge in [0.25, 0.3) is 5.91 Å². The molecule has 2 aromatic heterocycles. The fourth-order valence-corrected chi connectivity index (χ4v) is 7.91. The van der Waals surface area contributed by atoms with Crippen LogP contribution in [0.2, 0.25) is 5.02 Å². The molecule has 2 aliphatic rings. The minimum atomic E-state index is -3.88. The molecule has 1 amide bonds. The number of carbonyl (C=O) groups is 1. The lowest BCUT2D eigenvalue weighted by molar-refractivity contribution is 0.0554. The number of piperazine rings is 1. The Kier molecular flexibility index (Phi) is 6.79. The van der Waals surface area contributed by atoms with E-state index < -0.39 is 21.8 Å². The van der Waals surface area contributed by atoms with Crippen LogP contribution in [0.5, 0.6) is 0 Å². The van der Waals surface area contributed by atoms with Crippen molar-refractivity contribution in [2.75, 3.05) is 33.2 Å². The predicted molar refractivity (Wildman–Crippen MR) is 146 cm³/mol. The lowest BCUT2D eigenvalue weighted by Crippen LogP contribution is -2.57. The molecule has 0 spiro atoms. The van der Waals surface area contributed by atoms with E-state index in [-0.39, 0.29) is 42.7 Å². The zero-order valence-electron chi connectivity index (χ0n) is 21.0. The molecule has 14 heteroatoms. The highest BCUT2D eigenvalue weighted by molar-refractivity contribution is 7.89. The second-order valence-corrected chi connectivity index (χ2v) is 13.2. The van der Waals surface area contributed by atoms with Crippen LogP contribution in [-0.4, -0.2) is 82.9 Å². The maximum Gasteiger partial charge on any atom is 0.434 e. The van der Waals surface area contributed by atoms with Crippen LogP contribution in [0, 0.1) is 0 Å². The number of hydrogen-bond donors (Lipinski definition) is 1. The number of rotatable bonds is 5. The average Bonchev–Trinajstić information content (AvgIpc) is 3.53. The number of nitrogens with zero attached hydrogens (tertiary/aromatic N) is 5. The Morgan fingerprint density at radius 2 is 1.97 bits per heavy atom. The Hall–Kier alpha value is -3.10. The van der Waals surface area contributed by atoms with E-state index >= 15 is 0 Å². The van der Waals surface area contributed by atoms with Gasteiger partial charge < -0.3 is 14.2 Å². The molecule has 1 unspecified atom stereocenters. The zero-order valence-corrected chi connectivity index (χ0v) is 23.4. The Labute approximate surface area is 233 Å². The number of benzene rings is 2. The Balaban J connectivity index is 1.29. The normalized spacial score (nSPS) is 18.9. The van der Waals surface area contributed by atoms with E-state index in [1.54, 1.807) is 41.3 Å². The van der Waals surface area contributed by atoms with Crippen LogP contribution in [0.4, 0.5) is 0 Å². The topological polar surface area (TPSA) is 133 Å². The molecule has 6 rings (SSSR count). The van der Waals surface area contributed by atoms with Crippen molar-refractivity contribution in [3.63, 3.8) is 0 Å². The quantitative estimate of drug-likeness (QED) is 0.376. The maximum absolute atomic E-state index is 13.7.